The molecular weight excluding hydrogens is 345 g/mol. The second kappa shape index (κ2) is 9.24. The van der Waals surface area contributed by atoms with Crippen LogP contribution in [0.15, 0.2) is 29.4 Å². The zero-order chi connectivity index (χ0) is 20.8. The maximum absolute atomic E-state index is 10.7. The van der Waals surface area contributed by atoms with Crippen LogP contribution >= 0.6 is 0 Å². The lowest BCUT2D eigenvalue weighted by molar-refractivity contribution is -0.117. The van der Waals surface area contributed by atoms with Gasteiger partial charge in [0.15, 0.2) is 0 Å². The fraction of sp³-hybridized carbons (Fsp3) is 0.579. The number of anilines is 1. The van der Waals surface area contributed by atoms with E-state index < -0.39 is 7.12 Å². The first-order valence-corrected chi connectivity index (χ1v) is 9.11. The Morgan fingerprint density at radius 2 is 1.56 bits per heavy atom. The number of carbonyl (C=O) groups is 1. The minimum atomic E-state index is -0.402. The highest BCUT2D eigenvalue weighted by Gasteiger charge is 2.51. The third-order valence-electron chi connectivity index (χ3n) is 4.67. The average Bonchev–Trinajstić information content (AvgIpc) is 2.88. The van der Waals surface area contributed by atoms with E-state index in [2.05, 4.69) is 5.10 Å². The summed E-state index contributed by atoms with van der Waals surface area (Å²) in [6.45, 7) is 12.1. The summed E-state index contributed by atoms with van der Waals surface area (Å²) in [7, 11) is 4.46. The molecule has 1 amide bonds. The van der Waals surface area contributed by atoms with E-state index in [4.69, 9.17) is 14.0 Å². The van der Waals surface area contributed by atoms with Gasteiger partial charge in [0.2, 0.25) is 6.41 Å². The standard InChI is InChI=1S/C17H26BN3O4.C2H6/c1-16(2)17(3,4)25-18(24-16)13-8-10-14(11-9-13)21(6)15(23-7)19-20(5)12-22;1-2/h8-12H,1-7H3;1-2H3/b19-15+;. The first-order valence-electron chi connectivity index (χ1n) is 9.11. The molecule has 1 heterocycles. The van der Waals surface area contributed by atoms with Gasteiger partial charge in [-0.2, -0.15) is 0 Å². The van der Waals surface area contributed by atoms with Gasteiger partial charge in [-0.05, 0) is 45.3 Å². The molecule has 0 spiro atoms. The largest absolute Gasteiger partial charge is 0.494 e. The summed E-state index contributed by atoms with van der Waals surface area (Å²) in [6, 6.07) is 8.05. The summed E-state index contributed by atoms with van der Waals surface area (Å²) in [6.07, 6.45) is 0.605. The van der Waals surface area contributed by atoms with E-state index in [1.165, 1.54) is 7.11 Å². The molecule has 1 aliphatic rings. The number of rotatable bonds is 4. The third-order valence-corrected chi connectivity index (χ3v) is 4.67. The van der Waals surface area contributed by atoms with E-state index in [9.17, 15) is 4.79 Å². The molecule has 1 aromatic carbocycles. The van der Waals surface area contributed by atoms with Gasteiger partial charge >= 0.3 is 13.1 Å². The smallest absolute Gasteiger partial charge is 0.467 e. The van der Waals surface area contributed by atoms with E-state index in [1.807, 2.05) is 72.9 Å². The Kier molecular flexibility index (Phi) is 7.86. The Balaban J connectivity index is 0.00000176. The van der Waals surface area contributed by atoms with Crippen LogP contribution in [0.4, 0.5) is 5.69 Å². The van der Waals surface area contributed by atoms with Crippen LogP contribution in [0.2, 0.25) is 0 Å². The van der Waals surface area contributed by atoms with E-state index in [0.717, 1.165) is 16.2 Å². The molecule has 0 bridgehead atoms. The summed E-state index contributed by atoms with van der Waals surface area (Å²) >= 11 is 0. The van der Waals surface area contributed by atoms with Crippen molar-refractivity contribution in [3.63, 3.8) is 0 Å². The first kappa shape index (κ1) is 23.0. The van der Waals surface area contributed by atoms with Gasteiger partial charge in [0.05, 0.1) is 18.3 Å². The van der Waals surface area contributed by atoms with Crippen LogP contribution < -0.4 is 10.4 Å². The van der Waals surface area contributed by atoms with Crippen LogP contribution in [-0.4, -0.2) is 57.0 Å². The highest BCUT2D eigenvalue weighted by Crippen LogP contribution is 2.36. The van der Waals surface area contributed by atoms with Crippen molar-refractivity contribution in [1.29, 1.82) is 0 Å². The number of methoxy groups -OCH3 is 1. The van der Waals surface area contributed by atoms with Crippen LogP contribution in [0, 0.1) is 0 Å². The second-order valence-corrected chi connectivity index (χ2v) is 7.00. The molecule has 0 aromatic heterocycles. The molecule has 27 heavy (non-hydrogen) atoms. The molecule has 2 rings (SSSR count). The molecule has 0 radical (unpaired) electrons. The molecule has 0 aliphatic carbocycles. The number of ether oxygens (including phenoxy) is 1. The molecule has 150 valence electrons. The first-order chi connectivity index (χ1) is 12.6. The van der Waals surface area contributed by atoms with E-state index in [-0.39, 0.29) is 11.2 Å². The third kappa shape index (κ3) is 5.23. The molecule has 0 N–H and O–H groups in total. The highest BCUT2D eigenvalue weighted by atomic mass is 16.7. The Bertz CT molecular complexity index is 631. The second-order valence-electron chi connectivity index (χ2n) is 7.00. The minimum Gasteiger partial charge on any atom is -0.467 e. The maximum Gasteiger partial charge on any atom is 0.494 e. The zero-order valence-corrected chi connectivity index (χ0v) is 17.9. The quantitative estimate of drug-likeness (QED) is 0.265. The molecular formula is C19H32BN3O4. The van der Waals surface area contributed by atoms with Crippen molar-refractivity contribution in [2.24, 2.45) is 5.10 Å². The molecule has 1 aliphatic heterocycles. The number of benzene rings is 1. The SMILES string of the molecule is CC.CO/C(=N/N(C)C=O)N(C)c1ccc(B2OC(C)(C)C(C)(C)O2)cc1. The van der Waals surface area contributed by atoms with E-state index in [0.29, 0.717) is 12.4 Å². The number of carbonyl (C=O) groups excluding carboxylic acids is 1. The van der Waals surface area contributed by atoms with Crippen molar-refractivity contribution >= 4 is 30.7 Å². The van der Waals surface area contributed by atoms with Gasteiger partial charge in [0.1, 0.15) is 0 Å². The predicted octanol–water partition coefficient (Wildman–Crippen LogP) is 2.45. The van der Waals surface area contributed by atoms with Gasteiger partial charge < -0.3 is 14.0 Å². The summed E-state index contributed by atoms with van der Waals surface area (Å²) in [4.78, 5) is 12.5. The van der Waals surface area contributed by atoms with Crippen LogP contribution in [0.1, 0.15) is 41.5 Å². The summed E-state index contributed by atoms with van der Waals surface area (Å²) in [5.41, 5.74) is 1.06. The Morgan fingerprint density at radius 3 is 1.96 bits per heavy atom. The number of hydrogen-bond acceptors (Lipinski definition) is 5. The molecule has 8 heteroatoms. The van der Waals surface area contributed by atoms with Crippen LogP contribution in [0.3, 0.4) is 0 Å². The van der Waals surface area contributed by atoms with Crippen LogP contribution in [-0.2, 0) is 18.8 Å². The Morgan fingerprint density at radius 1 is 1.07 bits per heavy atom. The van der Waals surface area contributed by atoms with Gasteiger partial charge in [-0.3, -0.25) is 9.69 Å². The van der Waals surface area contributed by atoms with E-state index in [1.54, 1.807) is 11.9 Å². The van der Waals surface area contributed by atoms with Gasteiger partial charge in [0.25, 0.3) is 0 Å². The minimum absolute atomic E-state index is 0.304. The zero-order valence-electron chi connectivity index (χ0n) is 17.9. The monoisotopic (exact) mass is 377 g/mol. The van der Waals surface area contributed by atoms with Crippen LogP contribution in [0.5, 0.6) is 0 Å². The van der Waals surface area contributed by atoms with Gasteiger partial charge in [-0.25, -0.2) is 5.01 Å². The average molecular weight is 377 g/mol. The van der Waals surface area contributed by atoms with Crippen molar-refractivity contribution in [2.45, 2.75) is 52.7 Å². The van der Waals surface area contributed by atoms with Crippen molar-refractivity contribution in [2.75, 3.05) is 26.1 Å². The van der Waals surface area contributed by atoms with Crippen molar-refractivity contribution in [3.05, 3.63) is 24.3 Å². The molecule has 0 unspecified atom stereocenters. The lowest BCUT2D eigenvalue weighted by atomic mass is 9.79. The van der Waals surface area contributed by atoms with Crippen molar-refractivity contribution in [3.8, 4) is 0 Å². The number of hydrazone groups is 1. The molecule has 1 aromatic rings. The van der Waals surface area contributed by atoms with Gasteiger partial charge in [-0.1, -0.05) is 26.0 Å². The Hall–Kier alpha value is -2.06. The lowest BCUT2D eigenvalue weighted by Gasteiger charge is -2.32. The molecule has 1 saturated heterocycles. The molecule has 7 nitrogen and oxygen atoms in total. The molecule has 0 atom stereocenters. The van der Waals surface area contributed by atoms with Crippen molar-refractivity contribution in [1.82, 2.24) is 5.01 Å². The topological polar surface area (TPSA) is 63.6 Å². The summed E-state index contributed by atoms with van der Waals surface area (Å²) in [5.74, 6) is 0. The van der Waals surface area contributed by atoms with Gasteiger partial charge in [0, 0.05) is 19.8 Å². The number of amidine groups is 1. The van der Waals surface area contributed by atoms with Gasteiger partial charge in [-0.15, -0.1) is 5.10 Å². The van der Waals surface area contributed by atoms with Crippen molar-refractivity contribution < 1.29 is 18.8 Å². The summed E-state index contributed by atoms with van der Waals surface area (Å²) < 4.78 is 17.4. The maximum atomic E-state index is 10.7. The molecule has 1 fully saturated rings. The fourth-order valence-corrected chi connectivity index (χ4v) is 2.35. The number of hydrogen-bond donors (Lipinski definition) is 0. The number of nitrogens with zero attached hydrogens (tertiary/aromatic N) is 3. The fourth-order valence-electron chi connectivity index (χ4n) is 2.35. The summed E-state index contributed by atoms with van der Waals surface area (Å²) in [5, 5.41) is 5.21. The predicted molar refractivity (Wildman–Crippen MR) is 110 cm³/mol. The highest BCUT2D eigenvalue weighted by molar-refractivity contribution is 6.62. The Labute approximate surface area is 163 Å². The normalized spacial score (nSPS) is 17.7. The van der Waals surface area contributed by atoms with E-state index >= 15 is 0 Å². The van der Waals surface area contributed by atoms with Crippen LogP contribution in [0.25, 0.3) is 0 Å². The number of amides is 1. The lowest BCUT2D eigenvalue weighted by Crippen LogP contribution is -2.41. The molecule has 0 saturated carbocycles.